The number of rotatable bonds is 15. The van der Waals surface area contributed by atoms with E-state index >= 15 is 0 Å². The molecule has 0 fully saturated rings. The van der Waals surface area contributed by atoms with Crippen LogP contribution in [0.1, 0.15) is 122 Å². The van der Waals surface area contributed by atoms with E-state index < -0.39 is 23.0 Å². The van der Waals surface area contributed by atoms with Gasteiger partial charge in [-0.15, -0.1) is 16.9 Å². The lowest BCUT2D eigenvalue weighted by molar-refractivity contribution is -0.118. The number of nitrogens with one attached hydrogen (secondary N) is 2. The van der Waals surface area contributed by atoms with E-state index in [2.05, 4.69) is 104 Å². The summed E-state index contributed by atoms with van der Waals surface area (Å²) in [5, 5.41) is 9.40. The first-order valence-corrected chi connectivity index (χ1v) is 23.8. The topological polar surface area (TPSA) is 109 Å². The Morgan fingerprint density at radius 3 is 1.89 bits per heavy atom. The van der Waals surface area contributed by atoms with Crippen molar-refractivity contribution in [2.24, 2.45) is 10.5 Å². The maximum atomic E-state index is 14.5. The summed E-state index contributed by atoms with van der Waals surface area (Å²) >= 11 is 33.6. The zero-order valence-corrected chi connectivity index (χ0v) is 43.0. The van der Waals surface area contributed by atoms with Gasteiger partial charge >= 0.3 is 0 Å². The molecule has 0 saturated heterocycles. The van der Waals surface area contributed by atoms with Gasteiger partial charge in [-0.1, -0.05) is 158 Å². The number of benzene rings is 4. The highest BCUT2D eigenvalue weighted by atomic mass is 35.5. The van der Waals surface area contributed by atoms with Crippen molar-refractivity contribution in [2.75, 3.05) is 24.0 Å². The molecule has 5 rings (SSSR count). The number of amidine groups is 1. The lowest BCUT2D eigenvalue weighted by Gasteiger charge is -2.33. The Bertz CT molecular complexity index is 2450. The minimum Gasteiger partial charge on any atom is -0.496 e. The van der Waals surface area contributed by atoms with E-state index in [1.165, 1.54) is 11.6 Å². The Morgan fingerprint density at radius 2 is 1.31 bits per heavy atom. The minimum absolute atomic E-state index is 0.0196. The van der Waals surface area contributed by atoms with Crippen LogP contribution in [0.3, 0.4) is 0 Å². The summed E-state index contributed by atoms with van der Waals surface area (Å²) in [5.74, 6) is -0.495. The number of halogens is 5. The number of nitrogens with zero attached hydrogens (tertiary/aromatic N) is 2. The Hall–Kier alpha value is -3.64. The first-order chi connectivity index (χ1) is 29.7. The fourth-order valence-electron chi connectivity index (χ4n) is 7.59. The molecule has 1 atom stereocenters. The van der Waals surface area contributed by atoms with E-state index in [1.54, 1.807) is 25.3 Å². The number of carbonyl (C=O) groups is 3. The molecule has 0 aromatic heterocycles. The molecule has 2 N–H and O–H groups in total. The number of hydrogen-bond acceptors (Lipinski definition) is 7. The molecule has 0 bridgehead atoms. The van der Waals surface area contributed by atoms with Crippen molar-refractivity contribution >= 4 is 105 Å². The molecular weight excluding hydrogens is 934 g/mol. The molecule has 9 nitrogen and oxygen atoms in total. The molecule has 1 unspecified atom stereocenters. The number of hydrazone groups is 1. The third kappa shape index (κ3) is 11.5. The molecule has 0 aliphatic carbocycles. The summed E-state index contributed by atoms with van der Waals surface area (Å²) in [7, 11) is 1.55. The molecule has 0 radical (unpaired) electrons. The number of thioether (sulfide) groups is 1. The van der Waals surface area contributed by atoms with Crippen molar-refractivity contribution < 1.29 is 23.9 Å². The predicted molar refractivity (Wildman–Crippen MR) is 267 cm³/mol. The second-order valence-corrected chi connectivity index (χ2v) is 22.1. The van der Waals surface area contributed by atoms with Crippen LogP contribution in [0.4, 0.5) is 11.4 Å². The van der Waals surface area contributed by atoms with Crippen LogP contribution in [-0.2, 0) is 25.8 Å². The summed E-state index contributed by atoms with van der Waals surface area (Å²) in [6.07, 6.45) is 2.73. The number of ether oxygens (including phenoxy) is 2. The second-order valence-electron chi connectivity index (χ2n) is 19.1. The molecule has 344 valence electrons. The summed E-state index contributed by atoms with van der Waals surface area (Å²) in [5.41, 5.74) is 3.28. The quantitative estimate of drug-likeness (QED) is 0.0907. The first-order valence-electron chi connectivity index (χ1n) is 21.0. The van der Waals surface area contributed by atoms with Crippen LogP contribution in [0, 0.1) is 5.41 Å². The highest BCUT2D eigenvalue weighted by Gasteiger charge is 2.42. The molecule has 15 heteroatoms. The zero-order chi connectivity index (χ0) is 47.7. The van der Waals surface area contributed by atoms with E-state index in [9.17, 15) is 14.4 Å². The number of carbonyl (C=O) groups excluding carboxylic acids is 3. The molecular formula is C49H57Cl5N4O5S. The fourth-order valence-corrected chi connectivity index (χ4v) is 10.0. The SMILES string of the molecule is CCC(C)(C)c1ccc(OCC(=O)Nc2cccc(C(=O)NC3=NN(c4c(Cl)c(Cl)c(Cl)c(Cl)c4Cl)C(=O)C3Sc3cc(C(C)(C)CC(C)(C)C)ccc3OC)c2)c(C(C)(C)CC)c1. The van der Waals surface area contributed by atoms with Gasteiger partial charge in [-0.3, -0.25) is 14.4 Å². The van der Waals surface area contributed by atoms with E-state index in [4.69, 9.17) is 67.5 Å². The molecule has 4 aromatic rings. The lowest BCUT2D eigenvalue weighted by atomic mass is 9.72. The summed E-state index contributed by atoms with van der Waals surface area (Å²) < 4.78 is 11.9. The van der Waals surface area contributed by atoms with Gasteiger partial charge in [0.05, 0.1) is 37.1 Å². The summed E-state index contributed by atoms with van der Waals surface area (Å²) in [4.78, 5) is 42.6. The minimum atomic E-state index is -1.14. The maximum Gasteiger partial charge on any atom is 0.268 e. The van der Waals surface area contributed by atoms with Crippen molar-refractivity contribution in [1.29, 1.82) is 0 Å². The molecule has 0 saturated carbocycles. The van der Waals surface area contributed by atoms with Crippen LogP contribution >= 0.6 is 69.8 Å². The average Bonchev–Trinajstić information content (AvgIpc) is 3.52. The number of amides is 3. The third-order valence-electron chi connectivity index (χ3n) is 11.7. The van der Waals surface area contributed by atoms with Crippen LogP contribution in [0.5, 0.6) is 11.5 Å². The monoisotopic (exact) mass is 988 g/mol. The average molecular weight is 991 g/mol. The molecule has 1 aliphatic heterocycles. The predicted octanol–water partition coefficient (Wildman–Crippen LogP) is 14.3. The van der Waals surface area contributed by atoms with Crippen molar-refractivity contribution in [3.63, 3.8) is 0 Å². The van der Waals surface area contributed by atoms with E-state index in [0.29, 0.717) is 22.1 Å². The Labute approximate surface area is 407 Å². The molecule has 0 spiro atoms. The van der Waals surface area contributed by atoms with Crippen LogP contribution in [-0.4, -0.2) is 42.5 Å². The van der Waals surface area contributed by atoms with Gasteiger partial charge in [-0.05, 0) is 88.4 Å². The van der Waals surface area contributed by atoms with Gasteiger partial charge in [0.15, 0.2) is 17.7 Å². The molecule has 1 aliphatic rings. The zero-order valence-electron chi connectivity index (χ0n) is 38.4. The summed E-state index contributed by atoms with van der Waals surface area (Å²) in [6.45, 7) is 23.7. The third-order valence-corrected chi connectivity index (χ3v) is 15.2. The van der Waals surface area contributed by atoms with Gasteiger partial charge in [-0.25, -0.2) is 0 Å². The van der Waals surface area contributed by atoms with Crippen LogP contribution in [0.2, 0.25) is 25.1 Å². The Balaban J connectivity index is 1.44. The highest BCUT2D eigenvalue weighted by Crippen LogP contribution is 2.50. The van der Waals surface area contributed by atoms with E-state index in [0.717, 1.165) is 47.2 Å². The van der Waals surface area contributed by atoms with Crippen molar-refractivity contribution in [2.45, 2.75) is 122 Å². The van der Waals surface area contributed by atoms with Gasteiger partial charge in [0, 0.05) is 16.8 Å². The van der Waals surface area contributed by atoms with Gasteiger partial charge in [0.2, 0.25) is 0 Å². The van der Waals surface area contributed by atoms with Crippen LogP contribution < -0.4 is 25.1 Å². The van der Waals surface area contributed by atoms with Crippen LogP contribution in [0.15, 0.2) is 70.7 Å². The number of anilines is 2. The second kappa shape index (κ2) is 20.1. The van der Waals surface area contributed by atoms with Gasteiger partial charge in [0.1, 0.15) is 17.2 Å². The van der Waals surface area contributed by atoms with Gasteiger partial charge in [-0.2, -0.15) is 5.01 Å². The summed E-state index contributed by atoms with van der Waals surface area (Å²) in [6, 6.07) is 18.5. The lowest BCUT2D eigenvalue weighted by Crippen LogP contribution is -2.39. The molecule has 64 heavy (non-hydrogen) atoms. The fraction of sp³-hybridized carbons (Fsp3) is 0.429. The number of hydrogen-bond donors (Lipinski definition) is 2. The highest BCUT2D eigenvalue weighted by molar-refractivity contribution is 8.01. The molecule has 3 amide bonds. The van der Waals surface area contributed by atoms with Crippen molar-refractivity contribution in [3.05, 3.63) is 108 Å². The van der Waals surface area contributed by atoms with E-state index in [-0.39, 0.29) is 70.5 Å². The normalized spacial score (nSPS) is 14.7. The molecule has 1 heterocycles. The van der Waals surface area contributed by atoms with Crippen LogP contribution in [0.25, 0.3) is 0 Å². The Kier molecular flexibility index (Phi) is 16.1. The van der Waals surface area contributed by atoms with Gasteiger partial charge < -0.3 is 20.1 Å². The number of methoxy groups -OCH3 is 1. The smallest absolute Gasteiger partial charge is 0.268 e. The van der Waals surface area contributed by atoms with Crippen molar-refractivity contribution in [3.8, 4) is 11.5 Å². The maximum absolute atomic E-state index is 14.5. The van der Waals surface area contributed by atoms with Gasteiger partial charge in [0.25, 0.3) is 17.7 Å². The first kappa shape index (κ1) is 51.3. The Morgan fingerprint density at radius 1 is 0.734 bits per heavy atom. The van der Waals surface area contributed by atoms with E-state index in [1.807, 2.05) is 24.3 Å². The molecule has 4 aromatic carbocycles. The largest absolute Gasteiger partial charge is 0.496 e. The van der Waals surface area contributed by atoms with Crippen molar-refractivity contribution in [1.82, 2.24) is 5.32 Å². The standard InChI is InChI=1S/C49H57Cl5N4O5S/c1-13-47(6,7)28-18-20-32(31(23-28)48(8,9)14-2)63-25-35(59)55-30-17-15-16-27(22-30)44(60)56-43-42(45(61)58(57-43)41-39(53)37(51)36(50)38(52)40(41)54)64-34-24-29(19-21-33(34)62-12)49(10,11)26-46(3,4)5/h15-24,42H,13-14,25-26H2,1-12H3,(H,55,59)(H,56,57,60).